The highest BCUT2D eigenvalue weighted by Gasteiger charge is 2.37. The number of nitriles is 2. The molecule has 2 aliphatic rings. The van der Waals surface area contributed by atoms with E-state index in [4.69, 9.17) is 10.5 Å². The molecule has 1 aromatic rings. The number of allylic oxidation sites excluding steroid dienone is 2. The van der Waals surface area contributed by atoms with Crippen molar-refractivity contribution in [2.24, 2.45) is 0 Å². The number of fused-ring (bicyclic) bond motifs is 5. The fraction of sp³-hybridized carbons (Fsp3) is 0.231. The van der Waals surface area contributed by atoms with Gasteiger partial charge in [0.15, 0.2) is 0 Å². The zero-order valence-electron chi connectivity index (χ0n) is 8.07. The van der Waals surface area contributed by atoms with E-state index < -0.39 is 0 Å². The second-order valence-electron chi connectivity index (χ2n) is 4.08. The molecule has 2 aliphatic carbocycles. The lowest BCUT2D eigenvalue weighted by Crippen LogP contribution is -1.98. The maximum Gasteiger partial charge on any atom is 0.0991 e. The van der Waals surface area contributed by atoms with Crippen LogP contribution in [0.25, 0.3) is 0 Å². The maximum absolute atomic E-state index is 8.94. The summed E-state index contributed by atoms with van der Waals surface area (Å²) in [5.41, 5.74) is 4.11. The Labute approximate surface area is 88.1 Å². The maximum atomic E-state index is 8.94. The highest BCUT2D eigenvalue weighted by Crippen LogP contribution is 2.52. The molecule has 0 aromatic heterocycles. The summed E-state index contributed by atoms with van der Waals surface area (Å²) in [5.74, 6) is 0.663. The molecule has 15 heavy (non-hydrogen) atoms. The molecule has 2 bridgehead atoms. The van der Waals surface area contributed by atoms with E-state index in [0.29, 0.717) is 17.4 Å². The van der Waals surface area contributed by atoms with Crippen molar-refractivity contribution in [2.75, 3.05) is 0 Å². The lowest BCUT2D eigenvalue weighted by Gasteiger charge is -2.12. The first-order chi connectivity index (χ1) is 7.33. The standard InChI is InChI=1S/C13H8N2/c14-6-8-1-2-11-12(3-8)9-4-10(7-15)13(11)5-9/h1-4,9,13H,5H2. The van der Waals surface area contributed by atoms with Gasteiger partial charge in [-0.05, 0) is 29.7 Å². The predicted octanol–water partition coefficient (Wildman–Crippen LogP) is 2.59. The largest absolute Gasteiger partial charge is 0.193 e. The third-order valence-electron chi connectivity index (χ3n) is 3.37. The molecule has 0 aliphatic heterocycles. The van der Waals surface area contributed by atoms with E-state index in [9.17, 15) is 0 Å². The summed E-state index contributed by atoms with van der Waals surface area (Å²) >= 11 is 0. The molecule has 0 N–H and O–H groups in total. The molecule has 0 saturated heterocycles. The van der Waals surface area contributed by atoms with E-state index in [1.165, 1.54) is 11.1 Å². The Kier molecular flexibility index (Phi) is 1.50. The molecular formula is C13H8N2. The van der Waals surface area contributed by atoms with E-state index >= 15 is 0 Å². The van der Waals surface area contributed by atoms with Gasteiger partial charge in [-0.25, -0.2) is 0 Å². The molecule has 2 nitrogen and oxygen atoms in total. The van der Waals surface area contributed by atoms with E-state index in [1.54, 1.807) is 0 Å². The molecule has 2 heteroatoms. The van der Waals surface area contributed by atoms with Crippen molar-refractivity contribution in [1.29, 1.82) is 10.5 Å². The van der Waals surface area contributed by atoms with Crippen LogP contribution < -0.4 is 0 Å². The average Bonchev–Trinajstić information content (AvgIpc) is 2.86. The highest BCUT2D eigenvalue weighted by molar-refractivity contribution is 5.56. The first-order valence-corrected chi connectivity index (χ1v) is 4.99. The first-order valence-electron chi connectivity index (χ1n) is 4.99. The monoisotopic (exact) mass is 192 g/mol. The molecule has 70 valence electrons. The first kappa shape index (κ1) is 8.26. The van der Waals surface area contributed by atoms with Crippen molar-refractivity contribution >= 4 is 0 Å². The van der Waals surface area contributed by atoms with Gasteiger partial charge in [0.25, 0.3) is 0 Å². The van der Waals surface area contributed by atoms with Crippen molar-refractivity contribution in [2.45, 2.75) is 18.3 Å². The van der Waals surface area contributed by atoms with E-state index in [-0.39, 0.29) is 0 Å². The zero-order chi connectivity index (χ0) is 10.4. The Morgan fingerprint density at radius 2 is 2.00 bits per heavy atom. The van der Waals surface area contributed by atoms with Crippen LogP contribution in [0.15, 0.2) is 29.8 Å². The van der Waals surface area contributed by atoms with Crippen molar-refractivity contribution in [3.05, 3.63) is 46.5 Å². The molecule has 0 radical (unpaired) electrons. The summed E-state index contributed by atoms with van der Waals surface area (Å²) in [7, 11) is 0. The average molecular weight is 192 g/mol. The molecule has 2 atom stereocenters. The van der Waals surface area contributed by atoms with Crippen molar-refractivity contribution in [1.82, 2.24) is 0 Å². The number of hydrogen-bond donors (Lipinski definition) is 0. The van der Waals surface area contributed by atoms with Gasteiger partial charge in [0.2, 0.25) is 0 Å². The molecular weight excluding hydrogens is 184 g/mol. The van der Waals surface area contributed by atoms with Gasteiger partial charge in [0, 0.05) is 17.4 Å². The van der Waals surface area contributed by atoms with E-state index in [1.807, 2.05) is 24.3 Å². The quantitative estimate of drug-likeness (QED) is 0.634. The van der Waals surface area contributed by atoms with Gasteiger partial charge in [-0.1, -0.05) is 12.1 Å². The Bertz CT molecular complexity index is 555. The van der Waals surface area contributed by atoms with Crippen LogP contribution in [0.2, 0.25) is 0 Å². The van der Waals surface area contributed by atoms with Gasteiger partial charge in [-0.2, -0.15) is 10.5 Å². The molecule has 2 unspecified atom stereocenters. The van der Waals surface area contributed by atoms with Crippen LogP contribution in [-0.2, 0) is 0 Å². The topological polar surface area (TPSA) is 47.6 Å². The fourth-order valence-corrected chi connectivity index (χ4v) is 2.69. The van der Waals surface area contributed by atoms with Gasteiger partial charge >= 0.3 is 0 Å². The Morgan fingerprint density at radius 1 is 1.13 bits per heavy atom. The molecule has 0 amide bonds. The minimum Gasteiger partial charge on any atom is -0.193 e. The normalized spacial score (nSPS) is 25.3. The molecule has 0 spiro atoms. The summed E-state index contributed by atoms with van der Waals surface area (Å²) in [6, 6.07) is 10.2. The summed E-state index contributed by atoms with van der Waals surface area (Å²) in [5, 5.41) is 17.8. The van der Waals surface area contributed by atoms with Gasteiger partial charge in [0.1, 0.15) is 0 Å². The molecule has 0 saturated carbocycles. The van der Waals surface area contributed by atoms with Gasteiger partial charge in [0.05, 0.1) is 17.7 Å². The lowest BCUT2D eigenvalue weighted by atomic mass is 9.91. The summed E-state index contributed by atoms with van der Waals surface area (Å²) < 4.78 is 0. The van der Waals surface area contributed by atoms with Crippen molar-refractivity contribution < 1.29 is 0 Å². The summed E-state index contributed by atoms with van der Waals surface area (Å²) in [4.78, 5) is 0. The van der Waals surface area contributed by atoms with Crippen molar-refractivity contribution in [3.63, 3.8) is 0 Å². The number of hydrogen-bond acceptors (Lipinski definition) is 2. The SMILES string of the molecule is N#CC1=CC2CC1c1ccc(C#N)cc12. The molecule has 1 aromatic carbocycles. The lowest BCUT2D eigenvalue weighted by molar-refractivity contribution is 0.794. The number of nitrogens with zero attached hydrogens (tertiary/aromatic N) is 2. The second kappa shape index (κ2) is 2.72. The number of benzene rings is 1. The Balaban J connectivity index is 2.16. The van der Waals surface area contributed by atoms with E-state index in [0.717, 1.165) is 12.0 Å². The molecule has 3 rings (SSSR count). The van der Waals surface area contributed by atoms with Crippen LogP contribution in [0, 0.1) is 22.7 Å². The highest BCUT2D eigenvalue weighted by atomic mass is 14.4. The number of rotatable bonds is 0. The van der Waals surface area contributed by atoms with Gasteiger partial charge in [-0.3, -0.25) is 0 Å². The third-order valence-corrected chi connectivity index (χ3v) is 3.37. The second-order valence-corrected chi connectivity index (χ2v) is 4.08. The van der Waals surface area contributed by atoms with Crippen LogP contribution in [0.5, 0.6) is 0 Å². The minimum atomic E-state index is 0.294. The smallest absolute Gasteiger partial charge is 0.0991 e. The van der Waals surface area contributed by atoms with Crippen LogP contribution in [0.3, 0.4) is 0 Å². The minimum absolute atomic E-state index is 0.294. The van der Waals surface area contributed by atoms with Gasteiger partial charge in [-0.15, -0.1) is 0 Å². The molecule has 0 fully saturated rings. The van der Waals surface area contributed by atoms with Crippen LogP contribution in [-0.4, -0.2) is 0 Å². The molecule has 0 heterocycles. The Morgan fingerprint density at radius 3 is 2.73 bits per heavy atom. The Hall–Kier alpha value is -2.06. The van der Waals surface area contributed by atoms with E-state index in [2.05, 4.69) is 12.1 Å². The predicted molar refractivity (Wildman–Crippen MR) is 55.0 cm³/mol. The van der Waals surface area contributed by atoms with Crippen LogP contribution >= 0.6 is 0 Å². The third kappa shape index (κ3) is 0.966. The zero-order valence-corrected chi connectivity index (χ0v) is 8.07. The summed E-state index contributed by atoms with van der Waals surface area (Å²) in [6.45, 7) is 0. The van der Waals surface area contributed by atoms with Crippen LogP contribution in [0.1, 0.15) is 34.9 Å². The van der Waals surface area contributed by atoms with Crippen LogP contribution in [0.4, 0.5) is 0 Å². The fourth-order valence-electron chi connectivity index (χ4n) is 2.69. The summed E-state index contributed by atoms with van der Waals surface area (Å²) in [6.07, 6.45) is 3.07. The van der Waals surface area contributed by atoms with Crippen molar-refractivity contribution in [3.8, 4) is 12.1 Å². The van der Waals surface area contributed by atoms with Gasteiger partial charge < -0.3 is 0 Å².